The number of benzene rings is 8. The fourth-order valence-corrected chi connectivity index (χ4v) is 6.51. The van der Waals surface area contributed by atoms with Gasteiger partial charge in [0.15, 0.2) is 0 Å². The van der Waals surface area contributed by atoms with E-state index in [0.717, 1.165) is 43.8 Å². The van der Waals surface area contributed by atoms with Crippen molar-refractivity contribution in [2.24, 2.45) is 0 Å². The zero-order chi connectivity index (χ0) is 34.4. The molecule has 1 aromatic heterocycles. The quantitative estimate of drug-likeness (QED) is 0.198. The molecule has 8 aromatic carbocycles. The van der Waals surface area contributed by atoms with Crippen molar-refractivity contribution in [3.8, 4) is 33.4 Å². The van der Waals surface area contributed by atoms with Crippen LogP contribution in [-0.2, 0) is 0 Å². The third-order valence-corrected chi connectivity index (χ3v) is 8.39. The van der Waals surface area contributed by atoms with Gasteiger partial charge in [0.2, 0.25) is 0 Å². The second-order valence-electron chi connectivity index (χ2n) is 10.7. The van der Waals surface area contributed by atoms with Gasteiger partial charge in [0.05, 0.1) is 9.60 Å². The van der Waals surface area contributed by atoms with Gasteiger partial charge in [-0.15, -0.1) is 0 Å². The molecular formula is C42H26O. The first-order chi connectivity index (χ1) is 24.3. The molecule has 0 unspecified atom stereocenters. The van der Waals surface area contributed by atoms with Crippen molar-refractivity contribution in [3.05, 3.63) is 158 Å². The Hall–Kier alpha value is -5.66. The van der Waals surface area contributed by atoms with Crippen LogP contribution >= 0.6 is 0 Å². The van der Waals surface area contributed by atoms with Gasteiger partial charge in [-0.3, -0.25) is 0 Å². The van der Waals surface area contributed by atoms with Gasteiger partial charge >= 0.3 is 0 Å². The lowest BCUT2D eigenvalue weighted by atomic mass is 9.85. The highest BCUT2D eigenvalue weighted by Gasteiger charge is 2.20. The maximum Gasteiger partial charge on any atom is 0.143 e. The molecule has 0 amide bonds. The molecule has 0 saturated heterocycles. The van der Waals surface area contributed by atoms with E-state index in [1.165, 1.54) is 10.8 Å². The van der Waals surface area contributed by atoms with Crippen LogP contribution in [0.15, 0.2) is 162 Å². The van der Waals surface area contributed by atoms with E-state index in [1.807, 2.05) is 54.6 Å². The standard InChI is InChI=1S/C42H26O/c1-2-13-30-27(11-1)12-9-19-31(30)28-23-25-29(26-24-28)40-33-15-3-5-17-35(33)41(36-18-6-4-16-34(36)40)38-21-10-20-37-32-14-7-8-22-39(32)43-42(37)38/h1-26H/i7D,8D,10D,14D,20D,21D,22D. The van der Waals surface area contributed by atoms with Gasteiger partial charge in [-0.05, 0) is 60.6 Å². The van der Waals surface area contributed by atoms with Crippen LogP contribution in [0.4, 0.5) is 0 Å². The van der Waals surface area contributed by atoms with Crippen LogP contribution in [0.25, 0.3) is 87.6 Å². The lowest BCUT2D eigenvalue weighted by molar-refractivity contribution is 0.670. The highest BCUT2D eigenvalue weighted by molar-refractivity contribution is 6.24. The third-order valence-electron chi connectivity index (χ3n) is 8.39. The Morgan fingerprint density at radius 1 is 0.395 bits per heavy atom. The molecule has 1 nitrogen and oxygen atoms in total. The molecule has 0 saturated carbocycles. The Labute approximate surface area is 259 Å². The average molecular weight is 554 g/mol. The Morgan fingerprint density at radius 3 is 1.72 bits per heavy atom. The number of para-hydroxylation sites is 2. The second kappa shape index (κ2) is 9.44. The van der Waals surface area contributed by atoms with Crippen molar-refractivity contribution in [2.75, 3.05) is 0 Å². The van der Waals surface area contributed by atoms with E-state index >= 15 is 0 Å². The van der Waals surface area contributed by atoms with Gasteiger partial charge in [-0.1, -0.05) is 152 Å². The Morgan fingerprint density at radius 2 is 0.977 bits per heavy atom. The number of hydrogen-bond donors (Lipinski definition) is 0. The van der Waals surface area contributed by atoms with Gasteiger partial charge < -0.3 is 4.42 Å². The lowest BCUT2D eigenvalue weighted by Crippen LogP contribution is -1.91. The maximum atomic E-state index is 9.22. The Kier molecular flexibility index (Phi) is 3.95. The van der Waals surface area contributed by atoms with Gasteiger partial charge in [0, 0.05) is 21.9 Å². The molecule has 9 aromatic rings. The second-order valence-corrected chi connectivity index (χ2v) is 10.7. The van der Waals surface area contributed by atoms with E-state index in [4.69, 9.17) is 12.6 Å². The smallest absolute Gasteiger partial charge is 0.143 e. The topological polar surface area (TPSA) is 13.1 Å². The number of fused-ring (bicyclic) bond motifs is 6. The summed E-state index contributed by atoms with van der Waals surface area (Å²) in [5.41, 5.74) is 5.21. The molecule has 9 rings (SSSR count). The molecular weight excluding hydrogens is 520 g/mol. The summed E-state index contributed by atoms with van der Waals surface area (Å²) >= 11 is 0. The van der Waals surface area contributed by atoms with Gasteiger partial charge in [0.1, 0.15) is 11.2 Å². The van der Waals surface area contributed by atoms with Crippen molar-refractivity contribution < 1.29 is 14.0 Å². The first-order valence-corrected chi connectivity index (χ1v) is 14.2. The fourth-order valence-electron chi connectivity index (χ4n) is 6.51. The number of rotatable bonds is 3. The molecule has 0 spiro atoms. The van der Waals surface area contributed by atoms with E-state index in [-0.39, 0.29) is 57.7 Å². The summed E-state index contributed by atoms with van der Waals surface area (Å²) in [5.74, 6) is 0. The summed E-state index contributed by atoms with van der Waals surface area (Å²) in [4.78, 5) is 0. The summed E-state index contributed by atoms with van der Waals surface area (Å²) in [7, 11) is 0. The van der Waals surface area contributed by atoms with Gasteiger partial charge in [-0.25, -0.2) is 0 Å². The van der Waals surface area contributed by atoms with Crippen LogP contribution in [0, 0.1) is 0 Å². The normalized spacial score (nSPS) is 14.0. The minimum atomic E-state index is -0.446. The van der Waals surface area contributed by atoms with Crippen LogP contribution in [0.1, 0.15) is 9.60 Å². The molecule has 0 fully saturated rings. The molecule has 0 aliphatic carbocycles. The molecule has 0 aliphatic rings. The fraction of sp³-hybridized carbons (Fsp3) is 0. The van der Waals surface area contributed by atoms with Crippen molar-refractivity contribution in [1.29, 1.82) is 0 Å². The summed E-state index contributed by atoms with van der Waals surface area (Å²) in [5, 5.41) is 5.99. The van der Waals surface area contributed by atoms with E-state index in [0.29, 0.717) is 5.56 Å². The Balaban J connectivity index is 1.36. The highest BCUT2D eigenvalue weighted by Crippen LogP contribution is 2.46. The molecule has 0 aliphatic heterocycles. The molecule has 0 bridgehead atoms. The van der Waals surface area contributed by atoms with E-state index in [2.05, 4.69) is 60.7 Å². The molecule has 0 radical (unpaired) electrons. The van der Waals surface area contributed by atoms with Gasteiger partial charge in [0.25, 0.3) is 0 Å². The molecule has 0 N–H and O–H groups in total. The maximum absolute atomic E-state index is 9.22. The summed E-state index contributed by atoms with van der Waals surface area (Å²) in [6.45, 7) is 0. The van der Waals surface area contributed by atoms with Crippen LogP contribution in [0.2, 0.25) is 0 Å². The summed E-state index contributed by atoms with van der Waals surface area (Å²) in [6, 6.07) is 36.6. The molecule has 1 heterocycles. The van der Waals surface area contributed by atoms with Crippen molar-refractivity contribution in [3.63, 3.8) is 0 Å². The van der Waals surface area contributed by atoms with Gasteiger partial charge in [-0.2, -0.15) is 0 Å². The van der Waals surface area contributed by atoms with Crippen molar-refractivity contribution >= 4 is 54.3 Å². The first kappa shape index (κ1) is 18.0. The van der Waals surface area contributed by atoms with E-state index in [1.54, 1.807) is 0 Å². The van der Waals surface area contributed by atoms with E-state index in [9.17, 15) is 1.37 Å². The van der Waals surface area contributed by atoms with Crippen LogP contribution in [0.5, 0.6) is 0 Å². The van der Waals surface area contributed by atoms with Crippen molar-refractivity contribution in [2.45, 2.75) is 0 Å². The average Bonchev–Trinajstić information content (AvgIpc) is 3.56. The van der Waals surface area contributed by atoms with Crippen LogP contribution < -0.4 is 0 Å². The molecule has 43 heavy (non-hydrogen) atoms. The monoisotopic (exact) mass is 553 g/mol. The zero-order valence-electron chi connectivity index (χ0n) is 29.9. The SMILES string of the molecule is [2H]c1c([2H])c([2H])c2c(oc3c(-c4c5ccccc5c(-c5ccc(-c6cccc7ccccc67)cc5)c5ccccc45)c([2H])c([2H])c([2H])c32)c1[2H]. The van der Waals surface area contributed by atoms with Crippen LogP contribution in [-0.4, -0.2) is 0 Å². The third kappa shape index (κ3) is 3.65. The molecule has 1 heteroatoms. The van der Waals surface area contributed by atoms with E-state index < -0.39 is 12.1 Å². The Bertz CT molecular complexity index is 2830. The molecule has 200 valence electrons. The first-order valence-electron chi connectivity index (χ1n) is 17.7. The largest absolute Gasteiger partial charge is 0.455 e. The number of hydrogen-bond acceptors (Lipinski definition) is 1. The predicted molar refractivity (Wildman–Crippen MR) is 183 cm³/mol. The lowest BCUT2D eigenvalue weighted by Gasteiger charge is -2.18. The summed E-state index contributed by atoms with van der Waals surface area (Å²) in [6.07, 6.45) is 0. The molecule has 0 atom stereocenters. The minimum Gasteiger partial charge on any atom is -0.455 e. The minimum absolute atomic E-state index is 0.0438. The van der Waals surface area contributed by atoms with Crippen LogP contribution in [0.3, 0.4) is 0 Å². The highest BCUT2D eigenvalue weighted by atomic mass is 16.3. The zero-order valence-corrected chi connectivity index (χ0v) is 22.9. The van der Waals surface area contributed by atoms with Crippen molar-refractivity contribution in [1.82, 2.24) is 0 Å². The summed E-state index contributed by atoms with van der Waals surface area (Å²) < 4.78 is 67.0. The predicted octanol–water partition coefficient (Wildman–Crippen LogP) is 12.0. The number of furan rings is 1.